The molecule has 0 spiro atoms. The van der Waals surface area contributed by atoms with Crippen molar-refractivity contribution in [1.29, 1.82) is 0 Å². The summed E-state index contributed by atoms with van der Waals surface area (Å²) in [6.07, 6.45) is 7.47. The van der Waals surface area contributed by atoms with Gasteiger partial charge >= 0.3 is 0 Å². The number of hydrogen-bond acceptors (Lipinski definition) is 3. The fraction of sp³-hybridized carbons (Fsp3) is 0.438. The molecule has 1 aliphatic carbocycles. The molecule has 8 heteroatoms. The lowest BCUT2D eigenvalue weighted by atomic mass is 10.00. The van der Waals surface area contributed by atoms with Gasteiger partial charge in [-0.1, -0.05) is 34.9 Å². The van der Waals surface area contributed by atoms with Crippen molar-refractivity contribution in [3.63, 3.8) is 0 Å². The van der Waals surface area contributed by atoms with Crippen molar-refractivity contribution in [3.8, 4) is 0 Å². The highest BCUT2D eigenvalue weighted by atomic mass is 35.5. The Morgan fingerprint density at radius 2 is 2.04 bits per heavy atom. The van der Waals surface area contributed by atoms with Crippen LogP contribution in [0, 0.1) is 0 Å². The van der Waals surface area contributed by atoms with E-state index in [1.165, 1.54) is 30.2 Å². The van der Waals surface area contributed by atoms with Crippen LogP contribution in [0.1, 0.15) is 25.7 Å². The van der Waals surface area contributed by atoms with E-state index in [2.05, 4.69) is 11.4 Å². The van der Waals surface area contributed by atoms with Crippen LogP contribution in [0.15, 0.2) is 29.8 Å². The number of benzene rings is 1. The second-order valence-electron chi connectivity index (χ2n) is 5.75. The summed E-state index contributed by atoms with van der Waals surface area (Å²) in [5, 5.41) is 3.34. The molecule has 5 nitrogen and oxygen atoms in total. The number of rotatable bonds is 6. The van der Waals surface area contributed by atoms with Crippen molar-refractivity contribution >= 4 is 44.8 Å². The summed E-state index contributed by atoms with van der Waals surface area (Å²) < 4.78 is 25.1. The van der Waals surface area contributed by atoms with Gasteiger partial charge in [-0.25, -0.2) is 8.42 Å². The van der Waals surface area contributed by atoms with E-state index in [1.807, 2.05) is 0 Å². The Balaban J connectivity index is 2.09. The van der Waals surface area contributed by atoms with Gasteiger partial charge in [-0.3, -0.25) is 9.10 Å². The van der Waals surface area contributed by atoms with E-state index in [0.29, 0.717) is 11.6 Å². The van der Waals surface area contributed by atoms with E-state index in [9.17, 15) is 13.2 Å². The number of nitrogens with zero attached hydrogens (tertiary/aromatic N) is 1. The van der Waals surface area contributed by atoms with Crippen LogP contribution < -0.4 is 9.62 Å². The summed E-state index contributed by atoms with van der Waals surface area (Å²) in [6, 6.07) is 4.47. The summed E-state index contributed by atoms with van der Waals surface area (Å²) >= 11 is 11.9. The number of carbonyl (C=O) groups is 1. The maximum atomic E-state index is 12.2. The summed E-state index contributed by atoms with van der Waals surface area (Å²) in [5.74, 6) is -0.377. The number of amides is 1. The van der Waals surface area contributed by atoms with Gasteiger partial charge in [-0.15, -0.1) is 0 Å². The van der Waals surface area contributed by atoms with E-state index in [0.717, 1.165) is 29.8 Å². The minimum atomic E-state index is -3.66. The summed E-state index contributed by atoms with van der Waals surface area (Å²) in [5.41, 5.74) is 1.42. The minimum Gasteiger partial charge on any atom is -0.351 e. The molecule has 0 atom stereocenters. The molecule has 1 aromatic carbocycles. The van der Waals surface area contributed by atoms with Crippen LogP contribution in [-0.2, 0) is 14.8 Å². The standard InChI is InChI=1S/C16H20Cl2N2O3S/c1-24(22,23)20(15-8-7-13(17)9-14(15)18)11-16(21)19-10-12-5-3-2-4-6-12/h5,7-9H,2-4,6,10-11H2,1H3,(H,19,21). The molecule has 24 heavy (non-hydrogen) atoms. The Labute approximate surface area is 152 Å². The average Bonchev–Trinajstić information content (AvgIpc) is 2.51. The largest absolute Gasteiger partial charge is 0.351 e. The smallest absolute Gasteiger partial charge is 0.241 e. The van der Waals surface area contributed by atoms with E-state index in [-0.39, 0.29) is 23.2 Å². The SMILES string of the molecule is CS(=O)(=O)N(CC(=O)NCC1=CCCCC1)c1ccc(Cl)cc1Cl. The second kappa shape index (κ2) is 8.23. The van der Waals surface area contributed by atoms with Crippen molar-refractivity contribution in [1.82, 2.24) is 5.32 Å². The van der Waals surface area contributed by atoms with E-state index in [4.69, 9.17) is 23.2 Å². The third-order valence-corrected chi connectivity index (χ3v) is 5.43. The fourth-order valence-electron chi connectivity index (χ4n) is 2.53. The van der Waals surface area contributed by atoms with Gasteiger partial charge in [-0.2, -0.15) is 0 Å². The minimum absolute atomic E-state index is 0.177. The van der Waals surface area contributed by atoms with Gasteiger partial charge in [0.25, 0.3) is 0 Å². The van der Waals surface area contributed by atoms with E-state index >= 15 is 0 Å². The van der Waals surface area contributed by atoms with Crippen molar-refractivity contribution in [2.24, 2.45) is 0 Å². The molecule has 0 radical (unpaired) electrons. The zero-order chi connectivity index (χ0) is 17.7. The molecule has 1 aliphatic rings. The number of allylic oxidation sites excluding steroid dienone is 1. The normalized spacial score (nSPS) is 14.9. The zero-order valence-electron chi connectivity index (χ0n) is 13.4. The van der Waals surface area contributed by atoms with Gasteiger partial charge in [-0.05, 0) is 43.9 Å². The predicted molar refractivity (Wildman–Crippen MR) is 98.2 cm³/mol. The Morgan fingerprint density at radius 1 is 1.29 bits per heavy atom. The molecule has 1 amide bonds. The van der Waals surface area contributed by atoms with Crippen molar-refractivity contribution in [2.45, 2.75) is 25.7 Å². The van der Waals surface area contributed by atoms with Gasteiger partial charge in [0, 0.05) is 11.6 Å². The van der Waals surface area contributed by atoms with Crippen LogP contribution in [0.2, 0.25) is 10.0 Å². The Kier molecular flexibility index (Phi) is 6.54. The van der Waals surface area contributed by atoms with Gasteiger partial charge < -0.3 is 5.32 Å². The first-order chi connectivity index (χ1) is 11.3. The quantitative estimate of drug-likeness (QED) is 0.756. The van der Waals surface area contributed by atoms with E-state index in [1.54, 1.807) is 0 Å². The lowest BCUT2D eigenvalue weighted by Gasteiger charge is -2.23. The Hall–Kier alpha value is -1.24. The number of halogens is 2. The first-order valence-corrected chi connectivity index (χ1v) is 10.2. The number of sulfonamides is 1. The van der Waals surface area contributed by atoms with Crippen LogP contribution in [-0.4, -0.2) is 33.7 Å². The summed E-state index contributed by atoms with van der Waals surface area (Å²) in [6.45, 7) is 0.123. The van der Waals surface area contributed by atoms with Crippen molar-refractivity contribution in [2.75, 3.05) is 23.7 Å². The maximum Gasteiger partial charge on any atom is 0.241 e. The summed E-state index contributed by atoms with van der Waals surface area (Å²) in [7, 11) is -3.66. The van der Waals surface area contributed by atoms with Crippen LogP contribution in [0.5, 0.6) is 0 Å². The number of nitrogens with one attached hydrogen (secondary N) is 1. The Bertz CT molecular complexity index is 748. The number of hydrogen-bond donors (Lipinski definition) is 1. The molecule has 0 saturated carbocycles. The van der Waals surface area contributed by atoms with Gasteiger partial charge in [0.2, 0.25) is 15.9 Å². The molecular weight excluding hydrogens is 371 g/mol. The second-order valence-corrected chi connectivity index (χ2v) is 8.50. The molecule has 0 aromatic heterocycles. The lowest BCUT2D eigenvalue weighted by Crippen LogP contribution is -2.41. The first-order valence-electron chi connectivity index (χ1n) is 7.65. The molecule has 0 saturated heterocycles. The molecule has 0 fully saturated rings. The monoisotopic (exact) mass is 390 g/mol. The highest BCUT2D eigenvalue weighted by molar-refractivity contribution is 7.92. The highest BCUT2D eigenvalue weighted by Gasteiger charge is 2.23. The fourth-order valence-corrected chi connectivity index (χ4v) is 3.96. The molecule has 0 aliphatic heterocycles. The molecule has 0 bridgehead atoms. The third kappa shape index (κ3) is 5.40. The topological polar surface area (TPSA) is 66.5 Å². The van der Waals surface area contributed by atoms with Crippen LogP contribution >= 0.6 is 23.2 Å². The van der Waals surface area contributed by atoms with Crippen molar-refractivity contribution in [3.05, 3.63) is 39.9 Å². The average molecular weight is 391 g/mol. The molecule has 2 rings (SSSR count). The van der Waals surface area contributed by atoms with E-state index < -0.39 is 10.0 Å². The van der Waals surface area contributed by atoms with Crippen LogP contribution in [0.4, 0.5) is 5.69 Å². The number of carbonyl (C=O) groups excluding carboxylic acids is 1. The molecule has 1 N–H and O–H groups in total. The van der Waals surface area contributed by atoms with Gasteiger partial charge in [0.05, 0.1) is 17.0 Å². The molecule has 132 valence electrons. The van der Waals surface area contributed by atoms with Gasteiger partial charge in [0.1, 0.15) is 6.54 Å². The zero-order valence-corrected chi connectivity index (χ0v) is 15.7. The lowest BCUT2D eigenvalue weighted by molar-refractivity contribution is -0.119. The summed E-state index contributed by atoms with van der Waals surface area (Å²) in [4.78, 5) is 12.2. The molecule has 0 heterocycles. The molecule has 0 unspecified atom stereocenters. The third-order valence-electron chi connectivity index (χ3n) is 3.76. The molecule has 1 aromatic rings. The van der Waals surface area contributed by atoms with Crippen LogP contribution in [0.3, 0.4) is 0 Å². The highest BCUT2D eigenvalue weighted by Crippen LogP contribution is 2.30. The predicted octanol–water partition coefficient (Wildman–Crippen LogP) is 3.38. The number of anilines is 1. The molecular formula is C16H20Cl2N2O3S. The Morgan fingerprint density at radius 3 is 2.62 bits per heavy atom. The first kappa shape index (κ1) is 19.1. The van der Waals surface area contributed by atoms with Gasteiger partial charge in [0.15, 0.2) is 0 Å². The maximum absolute atomic E-state index is 12.2. The van der Waals surface area contributed by atoms with Crippen LogP contribution in [0.25, 0.3) is 0 Å². The van der Waals surface area contributed by atoms with Crippen molar-refractivity contribution < 1.29 is 13.2 Å².